The van der Waals surface area contributed by atoms with Gasteiger partial charge in [0.15, 0.2) is 0 Å². The maximum Gasteiger partial charge on any atom is 0.0769 e. The van der Waals surface area contributed by atoms with Gasteiger partial charge in [0, 0.05) is 29.5 Å². The van der Waals surface area contributed by atoms with Crippen LogP contribution >= 0.6 is 22.9 Å². The zero-order valence-corrected chi connectivity index (χ0v) is 9.55. The average molecular weight is 240 g/mol. The molecule has 0 atom stereocenters. The summed E-state index contributed by atoms with van der Waals surface area (Å²) < 4.78 is 0. The fraction of sp³-hybridized carbons (Fsp3) is 0.200. The molecule has 0 bridgehead atoms. The molecule has 0 aromatic carbocycles. The molecule has 2 aromatic heterocycles. The van der Waals surface area contributed by atoms with Crippen molar-refractivity contribution < 1.29 is 0 Å². The van der Waals surface area contributed by atoms with Crippen molar-refractivity contribution in [1.82, 2.24) is 15.5 Å². The molecule has 0 aliphatic rings. The smallest absolute Gasteiger partial charge is 0.0769 e. The molecule has 1 N–H and O–H groups in total. The van der Waals surface area contributed by atoms with Gasteiger partial charge < -0.3 is 5.32 Å². The van der Waals surface area contributed by atoms with E-state index in [1.807, 2.05) is 23.6 Å². The van der Waals surface area contributed by atoms with Crippen molar-refractivity contribution in [1.29, 1.82) is 0 Å². The van der Waals surface area contributed by atoms with Gasteiger partial charge in [0.1, 0.15) is 0 Å². The summed E-state index contributed by atoms with van der Waals surface area (Å²) in [7, 11) is 0. The van der Waals surface area contributed by atoms with Gasteiger partial charge in [0.25, 0.3) is 0 Å². The molecule has 0 saturated heterocycles. The van der Waals surface area contributed by atoms with Crippen molar-refractivity contribution >= 4 is 22.9 Å². The Labute approximate surface area is 97.1 Å². The molecule has 2 heterocycles. The van der Waals surface area contributed by atoms with Crippen LogP contribution in [0.1, 0.15) is 10.6 Å². The summed E-state index contributed by atoms with van der Waals surface area (Å²) in [6.45, 7) is 1.54. The molecule has 0 aliphatic heterocycles. The molecule has 0 spiro atoms. The first-order chi connectivity index (χ1) is 7.34. The Morgan fingerprint density at radius 1 is 1.40 bits per heavy atom. The highest BCUT2D eigenvalue weighted by Crippen LogP contribution is 2.18. The third-order valence-electron chi connectivity index (χ3n) is 1.85. The molecule has 15 heavy (non-hydrogen) atoms. The van der Waals surface area contributed by atoms with E-state index in [0.717, 1.165) is 23.8 Å². The topological polar surface area (TPSA) is 37.8 Å². The van der Waals surface area contributed by atoms with Gasteiger partial charge >= 0.3 is 0 Å². The van der Waals surface area contributed by atoms with Crippen LogP contribution in [0.5, 0.6) is 0 Å². The van der Waals surface area contributed by atoms with E-state index >= 15 is 0 Å². The van der Waals surface area contributed by atoms with Gasteiger partial charge in [-0.05, 0) is 18.2 Å². The first kappa shape index (κ1) is 10.5. The fourth-order valence-corrected chi connectivity index (χ4v) is 2.23. The van der Waals surface area contributed by atoms with Gasteiger partial charge in [0.05, 0.1) is 10.7 Å². The molecule has 3 nitrogen and oxygen atoms in total. The summed E-state index contributed by atoms with van der Waals surface area (Å²) in [5, 5.41) is 13.8. The number of thiophene rings is 1. The van der Waals surface area contributed by atoms with Crippen LogP contribution in [0.15, 0.2) is 29.8 Å². The van der Waals surface area contributed by atoms with Gasteiger partial charge in [-0.1, -0.05) is 11.6 Å². The molecule has 0 amide bonds. The van der Waals surface area contributed by atoms with Crippen LogP contribution in [0.2, 0.25) is 5.02 Å². The van der Waals surface area contributed by atoms with E-state index in [9.17, 15) is 0 Å². The quantitative estimate of drug-likeness (QED) is 0.891. The zero-order valence-electron chi connectivity index (χ0n) is 7.98. The van der Waals surface area contributed by atoms with Crippen LogP contribution in [0.3, 0.4) is 0 Å². The van der Waals surface area contributed by atoms with Crippen LogP contribution in [-0.4, -0.2) is 10.2 Å². The van der Waals surface area contributed by atoms with Crippen molar-refractivity contribution in [3.8, 4) is 0 Å². The molecule has 2 rings (SSSR count). The first-order valence-electron chi connectivity index (χ1n) is 4.55. The molecule has 0 fully saturated rings. The van der Waals surface area contributed by atoms with Gasteiger partial charge in [-0.25, -0.2) is 0 Å². The highest BCUT2D eigenvalue weighted by Gasteiger charge is 1.98. The Balaban J connectivity index is 1.80. The van der Waals surface area contributed by atoms with E-state index in [0.29, 0.717) is 0 Å². The van der Waals surface area contributed by atoms with E-state index in [-0.39, 0.29) is 0 Å². The van der Waals surface area contributed by atoms with Crippen LogP contribution in [-0.2, 0) is 13.1 Å². The van der Waals surface area contributed by atoms with Crippen molar-refractivity contribution in [3.63, 3.8) is 0 Å². The van der Waals surface area contributed by atoms with Crippen LogP contribution in [0, 0.1) is 0 Å². The molecule has 0 aliphatic carbocycles. The Hall–Kier alpha value is -0.970. The van der Waals surface area contributed by atoms with E-state index < -0.39 is 0 Å². The largest absolute Gasteiger partial charge is 0.306 e. The monoisotopic (exact) mass is 239 g/mol. The lowest BCUT2D eigenvalue weighted by Gasteiger charge is -2.00. The minimum Gasteiger partial charge on any atom is -0.306 e. The number of nitrogens with one attached hydrogen (secondary N) is 1. The molecule has 78 valence electrons. The fourth-order valence-electron chi connectivity index (χ4n) is 1.19. The van der Waals surface area contributed by atoms with Crippen LogP contribution in [0.25, 0.3) is 0 Å². The molecule has 0 unspecified atom stereocenters. The SMILES string of the molecule is Clc1csc(CNCc2cccnn2)c1. The summed E-state index contributed by atoms with van der Waals surface area (Å²) in [6, 6.07) is 5.79. The minimum absolute atomic E-state index is 0.726. The third kappa shape index (κ3) is 3.27. The Bertz CT molecular complexity index is 416. The predicted octanol–water partition coefficient (Wildman–Crippen LogP) is 2.48. The van der Waals surface area contributed by atoms with Crippen LogP contribution < -0.4 is 5.32 Å². The van der Waals surface area contributed by atoms with E-state index in [4.69, 9.17) is 11.6 Å². The number of rotatable bonds is 4. The van der Waals surface area contributed by atoms with E-state index in [1.165, 1.54) is 4.88 Å². The number of halogens is 1. The molecule has 0 saturated carbocycles. The van der Waals surface area contributed by atoms with Gasteiger partial charge in [0.2, 0.25) is 0 Å². The first-order valence-corrected chi connectivity index (χ1v) is 5.80. The summed E-state index contributed by atoms with van der Waals surface area (Å²) in [4.78, 5) is 1.23. The van der Waals surface area contributed by atoms with E-state index in [2.05, 4.69) is 15.5 Å². The van der Waals surface area contributed by atoms with Crippen molar-refractivity contribution in [2.45, 2.75) is 13.1 Å². The summed E-state index contributed by atoms with van der Waals surface area (Å²) in [5.41, 5.74) is 0.945. The molecule has 0 radical (unpaired) electrons. The second kappa shape index (κ2) is 5.21. The van der Waals surface area contributed by atoms with Crippen molar-refractivity contribution in [2.24, 2.45) is 0 Å². The molecular weight excluding hydrogens is 230 g/mol. The van der Waals surface area contributed by atoms with Gasteiger partial charge in [-0.3, -0.25) is 0 Å². The maximum atomic E-state index is 5.82. The van der Waals surface area contributed by atoms with Gasteiger partial charge in [-0.2, -0.15) is 10.2 Å². The Kier molecular flexibility index (Phi) is 3.66. The Morgan fingerprint density at radius 2 is 2.33 bits per heavy atom. The third-order valence-corrected chi connectivity index (χ3v) is 3.14. The van der Waals surface area contributed by atoms with Crippen LogP contribution in [0.4, 0.5) is 0 Å². The lowest BCUT2D eigenvalue weighted by molar-refractivity contribution is 0.676. The van der Waals surface area contributed by atoms with Gasteiger partial charge in [-0.15, -0.1) is 11.3 Å². The number of hydrogen-bond donors (Lipinski definition) is 1. The highest BCUT2D eigenvalue weighted by molar-refractivity contribution is 7.10. The minimum atomic E-state index is 0.726. The lowest BCUT2D eigenvalue weighted by Crippen LogP contribution is -2.12. The Morgan fingerprint density at radius 3 is 3.00 bits per heavy atom. The average Bonchev–Trinajstić information content (AvgIpc) is 2.66. The number of aromatic nitrogens is 2. The van der Waals surface area contributed by atoms with E-state index in [1.54, 1.807) is 17.5 Å². The lowest BCUT2D eigenvalue weighted by atomic mass is 10.4. The second-order valence-corrected chi connectivity index (χ2v) is 4.48. The molecule has 2 aromatic rings. The number of nitrogens with zero attached hydrogens (tertiary/aromatic N) is 2. The standard InChI is InChI=1S/C10H10ClN3S/c11-8-4-10(15-7-8)6-12-5-9-2-1-3-13-14-9/h1-4,7,12H,5-6H2. The normalized spacial score (nSPS) is 10.5. The maximum absolute atomic E-state index is 5.82. The summed E-state index contributed by atoms with van der Waals surface area (Å²) >= 11 is 7.47. The molecular formula is C10H10ClN3S. The van der Waals surface area contributed by atoms with Crippen molar-refractivity contribution in [3.05, 3.63) is 45.4 Å². The predicted molar refractivity (Wildman–Crippen MR) is 61.9 cm³/mol. The number of hydrogen-bond acceptors (Lipinski definition) is 4. The second-order valence-electron chi connectivity index (χ2n) is 3.05. The summed E-state index contributed by atoms with van der Waals surface area (Å²) in [6.07, 6.45) is 1.67. The highest BCUT2D eigenvalue weighted by atomic mass is 35.5. The zero-order chi connectivity index (χ0) is 10.5. The molecule has 5 heteroatoms. The summed E-state index contributed by atoms with van der Waals surface area (Å²) in [5.74, 6) is 0. The van der Waals surface area contributed by atoms with Crippen molar-refractivity contribution in [2.75, 3.05) is 0 Å².